The van der Waals surface area contributed by atoms with Crippen LogP contribution in [0.2, 0.25) is 0 Å². The monoisotopic (exact) mass is 278 g/mol. The first-order chi connectivity index (χ1) is 9.26. The molecule has 0 saturated heterocycles. The van der Waals surface area contributed by atoms with Crippen molar-refractivity contribution in [3.05, 3.63) is 28.5 Å². The van der Waals surface area contributed by atoms with Gasteiger partial charge in [-0.05, 0) is 49.8 Å². The maximum Gasteiger partial charge on any atom is 0.246 e. The number of likely N-dealkylation sites (N-methyl/N-ethyl adjacent to an activating group) is 1. The zero-order valence-corrected chi connectivity index (χ0v) is 12.2. The molecule has 0 aromatic carbocycles. The van der Waals surface area contributed by atoms with Crippen LogP contribution in [0, 0.1) is 5.92 Å². The van der Waals surface area contributed by atoms with Gasteiger partial charge in [0.05, 0.1) is 0 Å². The van der Waals surface area contributed by atoms with Crippen molar-refractivity contribution in [2.24, 2.45) is 11.7 Å². The van der Waals surface area contributed by atoms with Crippen LogP contribution in [-0.4, -0.2) is 29.9 Å². The first kappa shape index (κ1) is 14.3. The highest BCUT2D eigenvalue weighted by Gasteiger charge is 2.32. The molecule has 0 bridgehead atoms. The summed E-state index contributed by atoms with van der Waals surface area (Å²) in [5, 5.41) is 2.02. The quantitative estimate of drug-likeness (QED) is 0.842. The molecule has 1 aromatic rings. The second kappa shape index (κ2) is 6.87. The summed E-state index contributed by atoms with van der Waals surface area (Å²) < 4.78 is 0. The molecule has 1 amide bonds. The lowest BCUT2D eigenvalue weighted by Gasteiger charge is -2.31. The van der Waals surface area contributed by atoms with E-state index in [4.69, 9.17) is 5.73 Å². The second-order valence-electron chi connectivity index (χ2n) is 4.97. The van der Waals surface area contributed by atoms with Crippen molar-refractivity contribution in [3.63, 3.8) is 0 Å². The van der Waals surface area contributed by atoms with Gasteiger partial charge in [0.1, 0.15) is 0 Å². The first-order valence-electron chi connectivity index (χ1n) is 6.98. The molecule has 104 valence electrons. The third-order valence-electron chi connectivity index (χ3n) is 3.88. The normalized spacial score (nSPS) is 23.1. The molecule has 0 aliphatic heterocycles. The van der Waals surface area contributed by atoms with E-state index in [9.17, 15) is 4.79 Å². The standard InChI is InChI=1S/C15H22N2OS/c1-2-17(14-7-3-5-12(14)11-16)15(18)9-8-13-6-4-10-19-13/h4,6,8-10,12,14H,2-3,5,7,11,16H2,1H3. The zero-order chi connectivity index (χ0) is 13.7. The summed E-state index contributed by atoms with van der Waals surface area (Å²) in [7, 11) is 0. The fourth-order valence-electron chi connectivity index (χ4n) is 2.89. The molecule has 2 atom stereocenters. The smallest absolute Gasteiger partial charge is 0.246 e. The first-order valence-corrected chi connectivity index (χ1v) is 7.86. The van der Waals surface area contributed by atoms with Crippen LogP contribution in [0.5, 0.6) is 0 Å². The van der Waals surface area contributed by atoms with Crippen molar-refractivity contribution in [3.8, 4) is 0 Å². The highest BCUT2D eigenvalue weighted by Crippen LogP contribution is 2.29. The maximum atomic E-state index is 12.3. The van der Waals surface area contributed by atoms with Crippen molar-refractivity contribution in [2.75, 3.05) is 13.1 Å². The average Bonchev–Trinajstić information content (AvgIpc) is 3.08. The van der Waals surface area contributed by atoms with E-state index in [2.05, 4.69) is 0 Å². The van der Waals surface area contributed by atoms with E-state index in [0.717, 1.165) is 24.3 Å². The summed E-state index contributed by atoms with van der Waals surface area (Å²) in [6.45, 7) is 3.49. The topological polar surface area (TPSA) is 46.3 Å². The van der Waals surface area contributed by atoms with Gasteiger partial charge in [-0.2, -0.15) is 0 Å². The van der Waals surface area contributed by atoms with Gasteiger partial charge >= 0.3 is 0 Å². The van der Waals surface area contributed by atoms with E-state index < -0.39 is 0 Å². The van der Waals surface area contributed by atoms with Gasteiger partial charge in [0.2, 0.25) is 5.91 Å². The number of thiophene rings is 1. The van der Waals surface area contributed by atoms with Crippen molar-refractivity contribution < 1.29 is 4.79 Å². The molecule has 19 heavy (non-hydrogen) atoms. The molecule has 1 aliphatic carbocycles. The second-order valence-corrected chi connectivity index (χ2v) is 5.95. The van der Waals surface area contributed by atoms with Crippen LogP contribution in [0.1, 0.15) is 31.1 Å². The lowest BCUT2D eigenvalue weighted by atomic mass is 10.0. The molecule has 2 unspecified atom stereocenters. The molecule has 1 saturated carbocycles. The van der Waals surface area contributed by atoms with Gasteiger partial charge in [0.25, 0.3) is 0 Å². The van der Waals surface area contributed by atoms with Gasteiger partial charge in [0.15, 0.2) is 0 Å². The number of nitrogens with zero attached hydrogens (tertiary/aromatic N) is 1. The van der Waals surface area contributed by atoms with Crippen LogP contribution in [0.4, 0.5) is 0 Å². The molecule has 1 heterocycles. The van der Waals surface area contributed by atoms with Gasteiger partial charge in [0, 0.05) is 23.5 Å². The van der Waals surface area contributed by atoms with Gasteiger partial charge < -0.3 is 10.6 Å². The summed E-state index contributed by atoms with van der Waals surface area (Å²) >= 11 is 1.64. The van der Waals surface area contributed by atoms with Crippen LogP contribution >= 0.6 is 11.3 Å². The van der Waals surface area contributed by atoms with E-state index >= 15 is 0 Å². The number of hydrogen-bond donors (Lipinski definition) is 1. The molecule has 1 aliphatic rings. The van der Waals surface area contributed by atoms with Crippen molar-refractivity contribution >= 4 is 23.3 Å². The minimum atomic E-state index is 0.112. The fourth-order valence-corrected chi connectivity index (χ4v) is 3.51. The van der Waals surface area contributed by atoms with Gasteiger partial charge in [-0.3, -0.25) is 4.79 Å². The molecule has 2 N–H and O–H groups in total. The van der Waals surface area contributed by atoms with E-state index in [1.165, 1.54) is 6.42 Å². The molecule has 1 aromatic heterocycles. The molecule has 1 fully saturated rings. The maximum absolute atomic E-state index is 12.3. The van der Waals surface area contributed by atoms with Gasteiger partial charge in [-0.15, -0.1) is 11.3 Å². The molecular formula is C15H22N2OS. The lowest BCUT2D eigenvalue weighted by Crippen LogP contribution is -2.43. The zero-order valence-electron chi connectivity index (χ0n) is 11.4. The third kappa shape index (κ3) is 3.45. The Kier molecular flexibility index (Phi) is 5.16. The van der Waals surface area contributed by atoms with Crippen LogP contribution in [0.25, 0.3) is 6.08 Å². The Morgan fingerprint density at radius 2 is 2.42 bits per heavy atom. The SMILES string of the molecule is CCN(C(=O)C=Cc1cccs1)C1CCCC1CN. The van der Waals surface area contributed by atoms with Crippen molar-refractivity contribution in [2.45, 2.75) is 32.2 Å². The molecule has 0 radical (unpaired) electrons. The van der Waals surface area contributed by atoms with Crippen molar-refractivity contribution in [1.29, 1.82) is 0 Å². The van der Waals surface area contributed by atoms with Crippen molar-refractivity contribution in [1.82, 2.24) is 4.90 Å². The molecular weight excluding hydrogens is 256 g/mol. The van der Waals surface area contributed by atoms with E-state index in [0.29, 0.717) is 18.5 Å². The minimum absolute atomic E-state index is 0.112. The summed E-state index contributed by atoms with van der Waals surface area (Å²) in [5.74, 6) is 0.584. The van der Waals surface area contributed by atoms with Crippen LogP contribution < -0.4 is 5.73 Å². The summed E-state index contributed by atoms with van der Waals surface area (Å²) in [5.41, 5.74) is 5.81. The number of carbonyl (C=O) groups excluding carboxylic acids is 1. The number of nitrogens with two attached hydrogens (primary N) is 1. The average molecular weight is 278 g/mol. The Morgan fingerprint density at radius 3 is 3.05 bits per heavy atom. The molecule has 3 nitrogen and oxygen atoms in total. The van der Waals surface area contributed by atoms with Gasteiger partial charge in [-0.1, -0.05) is 12.5 Å². The predicted molar refractivity (Wildman–Crippen MR) is 80.9 cm³/mol. The Labute approximate surface area is 119 Å². The Hall–Kier alpha value is -1.13. The van der Waals surface area contributed by atoms with Gasteiger partial charge in [-0.25, -0.2) is 0 Å². The number of amides is 1. The van der Waals surface area contributed by atoms with Crippen LogP contribution in [-0.2, 0) is 4.79 Å². The predicted octanol–water partition coefficient (Wildman–Crippen LogP) is 2.74. The molecule has 4 heteroatoms. The molecule has 2 rings (SSSR count). The highest BCUT2D eigenvalue weighted by atomic mass is 32.1. The number of hydrogen-bond acceptors (Lipinski definition) is 3. The van der Waals surface area contributed by atoms with Crippen LogP contribution in [0.15, 0.2) is 23.6 Å². The summed E-state index contributed by atoms with van der Waals surface area (Å²) in [4.78, 5) is 15.4. The minimum Gasteiger partial charge on any atom is -0.336 e. The summed E-state index contributed by atoms with van der Waals surface area (Å²) in [6, 6.07) is 4.34. The third-order valence-corrected chi connectivity index (χ3v) is 4.72. The van der Waals surface area contributed by atoms with E-state index in [1.807, 2.05) is 35.4 Å². The highest BCUT2D eigenvalue weighted by molar-refractivity contribution is 7.10. The Bertz CT molecular complexity index is 427. The fraction of sp³-hybridized carbons (Fsp3) is 0.533. The number of rotatable bonds is 5. The van der Waals surface area contributed by atoms with Crippen LogP contribution in [0.3, 0.4) is 0 Å². The molecule has 0 spiro atoms. The largest absolute Gasteiger partial charge is 0.336 e. The van der Waals surface area contributed by atoms with E-state index in [-0.39, 0.29) is 5.91 Å². The summed E-state index contributed by atoms with van der Waals surface area (Å²) in [6.07, 6.45) is 7.03. The number of carbonyl (C=O) groups is 1. The Morgan fingerprint density at radius 1 is 1.58 bits per heavy atom. The Balaban J connectivity index is 2.02. The van der Waals surface area contributed by atoms with E-state index in [1.54, 1.807) is 17.4 Å². The lowest BCUT2D eigenvalue weighted by molar-refractivity contribution is -0.128.